The molecule has 17 heavy (non-hydrogen) atoms. The summed E-state index contributed by atoms with van der Waals surface area (Å²) in [5.74, 6) is 5.42. The first-order valence-corrected chi connectivity index (χ1v) is 5.67. The van der Waals surface area contributed by atoms with Crippen molar-refractivity contribution in [2.45, 2.75) is 6.92 Å². The molecule has 88 valence electrons. The van der Waals surface area contributed by atoms with E-state index in [0.717, 1.165) is 4.88 Å². The number of thiazole rings is 1. The number of aryl methyl sites for hydroxylation is 1. The van der Waals surface area contributed by atoms with Crippen molar-refractivity contribution in [3.05, 3.63) is 35.0 Å². The number of hydrogen-bond acceptors (Lipinski definition) is 6. The van der Waals surface area contributed by atoms with Crippen LogP contribution in [0.1, 0.15) is 15.2 Å². The molecule has 0 radical (unpaired) electrons. The lowest BCUT2D eigenvalue weighted by atomic mass is 10.2. The fourth-order valence-corrected chi connectivity index (χ4v) is 1.89. The van der Waals surface area contributed by atoms with Crippen molar-refractivity contribution in [2.75, 3.05) is 10.7 Å². The van der Waals surface area contributed by atoms with Crippen molar-refractivity contribution in [1.29, 1.82) is 0 Å². The van der Waals surface area contributed by atoms with E-state index in [4.69, 9.17) is 5.84 Å². The van der Waals surface area contributed by atoms with Crippen LogP contribution in [0.3, 0.4) is 0 Å². The molecule has 0 aromatic carbocycles. The highest BCUT2D eigenvalue weighted by molar-refractivity contribution is 7.15. The number of amides is 1. The number of anilines is 2. The van der Waals surface area contributed by atoms with Gasteiger partial charge >= 0.3 is 0 Å². The Balaban J connectivity index is 2.14. The molecule has 0 bridgehead atoms. The fourth-order valence-electron chi connectivity index (χ4n) is 1.23. The number of nitrogen functional groups attached to an aromatic ring is 1. The van der Waals surface area contributed by atoms with Gasteiger partial charge in [-0.05, 0) is 19.1 Å². The van der Waals surface area contributed by atoms with Crippen molar-refractivity contribution >= 4 is 28.2 Å². The van der Waals surface area contributed by atoms with E-state index in [1.165, 1.54) is 17.5 Å². The molecule has 0 saturated heterocycles. The van der Waals surface area contributed by atoms with Gasteiger partial charge in [0.15, 0.2) is 5.13 Å². The minimum atomic E-state index is -0.238. The zero-order valence-corrected chi connectivity index (χ0v) is 9.91. The Kier molecular flexibility index (Phi) is 3.31. The molecule has 0 aliphatic heterocycles. The number of carbonyl (C=O) groups excluding carboxylic acids is 1. The zero-order chi connectivity index (χ0) is 12.3. The summed E-state index contributed by atoms with van der Waals surface area (Å²) in [5.41, 5.74) is 2.86. The Morgan fingerprint density at radius 1 is 1.47 bits per heavy atom. The minimum Gasteiger partial charge on any atom is -0.308 e. The number of hydrazine groups is 1. The summed E-state index contributed by atoms with van der Waals surface area (Å²) in [5, 5.41) is 3.28. The zero-order valence-electron chi connectivity index (χ0n) is 9.10. The van der Waals surface area contributed by atoms with Crippen molar-refractivity contribution in [2.24, 2.45) is 5.84 Å². The highest BCUT2D eigenvalue weighted by atomic mass is 32.1. The van der Waals surface area contributed by atoms with E-state index in [9.17, 15) is 4.79 Å². The van der Waals surface area contributed by atoms with Gasteiger partial charge in [-0.3, -0.25) is 10.1 Å². The van der Waals surface area contributed by atoms with Crippen LogP contribution in [0.25, 0.3) is 0 Å². The van der Waals surface area contributed by atoms with Crippen molar-refractivity contribution in [3.63, 3.8) is 0 Å². The van der Waals surface area contributed by atoms with Gasteiger partial charge in [-0.2, -0.15) is 0 Å². The average molecular weight is 249 g/mol. The monoisotopic (exact) mass is 249 g/mol. The lowest BCUT2D eigenvalue weighted by Gasteiger charge is -2.03. The Morgan fingerprint density at radius 3 is 2.94 bits per heavy atom. The third-order valence-electron chi connectivity index (χ3n) is 2.01. The van der Waals surface area contributed by atoms with E-state index < -0.39 is 0 Å². The van der Waals surface area contributed by atoms with Gasteiger partial charge in [-0.15, -0.1) is 11.3 Å². The van der Waals surface area contributed by atoms with Crippen LogP contribution in [0.4, 0.5) is 10.9 Å². The Labute approximate surface area is 102 Å². The predicted octanol–water partition coefficient (Wildman–Crippen LogP) is 1.38. The lowest BCUT2D eigenvalue weighted by molar-refractivity contribution is 0.102. The lowest BCUT2D eigenvalue weighted by Crippen LogP contribution is -2.14. The van der Waals surface area contributed by atoms with Crippen LogP contribution in [-0.4, -0.2) is 15.9 Å². The first-order valence-electron chi connectivity index (χ1n) is 4.85. The summed E-state index contributed by atoms with van der Waals surface area (Å²) in [6.45, 7) is 1.93. The first-order chi connectivity index (χ1) is 8.19. The van der Waals surface area contributed by atoms with Gasteiger partial charge in [0, 0.05) is 22.8 Å². The summed E-state index contributed by atoms with van der Waals surface area (Å²) in [7, 11) is 0. The standard InChI is InChI=1S/C10H11N5OS/c1-6-5-13-10(17-6)14-9(16)7-2-3-12-8(4-7)15-11/h2-5H,11H2,1H3,(H,12,15)(H,13,14,16). The van der Waals surface area contributed by atoms with Crippen LogP contribution in [-0.2, 0) is 0 Å². The molecule has 0 atom stereocenters. The van der Waals surface area contributed by atoms with Gasteiger partial charge in [-0.25, -0.2) is 15.8 Å². The molecule has 2 aromatic rings. The molecule has 0 spiro atoms. The molecule has 0 unspecified atom stereocenters. The van der Waals surface area contributed by atoms with Crippen molar-refractivity contribution < 1.29 is 4.79 Å². The summed E-state index contributed by atoms with van der Waals surface area (Å²) in [4.78, 5) is 20.9. The molecule has 4 N–H and O–H groups in total. The number of carbonyl (C=O) groups is 1. The van der Waals surface area contributed by atoms with Crippen LogP contribution >= 0.6 is 11.3 Å². The van der Waals surface area contributed by atoms with Gasteiger partial charge in [0.05, 0.1) is 0 Å². The molecule has 0 fully saturated rings. The summed E-state index contributed by atoms with van der Waals surface area (Å²) >= 11 is 1.42. The quantitative estimate of drug-likeness (QED) is 0.564. The van der Waals surface area contributed by atoms with E-state index in [1.54, 1.807) is 18.3 Å². The van der Waals surface area contributed by atoms with Crippen LogP contribution in [0, 0.1) is 6.92 Å². The molecule has 7 heteroatoms. The Bertz CT molecular complexity index is 539. The second-order valence-corrected chi connectivity index (χ2v) is 4.54. The number of nitrogens with two attached hydrogens (primary N) is 1. The molecule has 0 aliphatic carbocycles. The second kappa shape index (κ2) is 4.89. The van der Waals surface area contributed by atoms with Gasteiger partial charge < -0.3 is 5.43 Å². The van der Waals surface area contributed by atoms with E-state index in [1.807, 2.05) is 6.92 Å². The predicted molar refractivity (Wildman–Crippen MR) is 66.9 cm³/mol. The van der Waals surface area contributed by atoms with E-state index in [-0.39, 0.29) is 5.91 Å². The summed E-state index contributed by atoms with van der Waals surface area (Å²) < 4.78 is 0. The van der Waals surface area contributed by atoms with Gasteiger partial charge in [0.2, 0.25) is 0 Å². The molecule has 0 saturated carbocycles. The van der Waals surface area contributed by atoms with Crippen LogP contribution in [0.5, 0.6) is 0 Å². The summed E-state index contributed by atoms with van der Waals surface area (Å²) in [6, 6.07) is 3.17. The van der Waals surface area contributed by atoms with Gasteiger partial charge in [0.1, 0.15) is 5.82 Å². The molecule has 2 aromatic heterocycles. The Hall–Kier alpha value is -1.99. The molecule has 0 aliphatic rings. The number of nitrogens with zero attached hydrogens (tertiary/aromatic N) is 2. The number of aromatic nitrogens is 2. The van der Waals surface area contributed by atoms with Crippen LogP contribution in [0.15, 0.2) is 24.5 Å². The molecular weight excluding hydrogens is 238 g/mol. The maximum atomic E-state index is 11.9. The normalized spacial score (nSPS) is 10.0. The van der Waals surface area contributed by atoms with E-state index >= 15 is 0 Å². The number of hydrogen-bond donors (Lipinski definition) is 3. The van der Waals surface area contributed by atoms with Crippen LogP contribution in [0.2, 0.25) is 0 Å². The topological polar surface area (TPSA) is 92.9 Å². The minimum absolute atomic E-state index is 0.238. The summed E-state index contributed by atoms with van der Waals surface area (Å²) in [6.07, 6.45) is 3.22. The van der Waals surface area contributed by atoms with E-state index in [0.29, 0.717) is 16.5 Å². The van der Waals surface area contributed by atoms with Gasteiger partial charge in [-0.1, -0.05) is 0 Å². The molecule has 2 rings (SSSR count). The van der Waals surface area contributed by atoms with Crippen molar-refractivity contribution in [3.8, 4) is 0 Å². The SMILES string of the molecule is Cc1cnc(NC(=O)c2ccnc(NN)c2)s1. The Morgan fingerprint density at radius 2 is 2.29 bits per heavy atom. The number of pyridine rings is 1. The maximum absolute atomic E-state index is 11.9. The molecular formula is C10H11N5OS. The molecule has 6 nitrogen and oxygen atoms in total. The molecule has 1 amide bonds. The van der Waals surface area contributed by atoms with Crippen molar-refractivity contribution in [1.82, 2.24) is 9.97 Å². The van der Waals surface area contributed by atoms with Crippen LogP contribution < -0.4 is 16.6 Å². The highest BCUT2D eigenvalue weighted by Gasteiger charge is 2.08. The number of nitrogens with one attached hydrogen (secondary N) is 2. The third kappa shape index (κ3) is 2.77. The smallest absolute Gasteiger partial charge is 0.257 e. The average Bonchev–Trinajstić information content (AvgIpc) is 2.75. The van der Waals surface area contributed by atoms with E-state index in [2.05, 4.69) is 20.7 Å². The fraction of sp³-hybridized carbons (Fsp3) is 0.100. The molecule has 2 heterocycles. The highest BCUT2D eigenvalue weighted by Crippen LogP contribution is 2.17. The maximum Gasteiger partial charge on any atom is 0.257 e. The van der Waals surface area contributed by atoms with Gasteiger partial charge in [0.25, 0.3) is 5.91 Å². The second-order valence-electron chi connectivity index (χ2n) is 3.30. The first kappa shape index (κ1) is 11.5. The largest absolute Gasteiger partial charge is 0.308 e. The number of rotatable bonds is 3. The third-order valence-corrected chi connectivity index (χ3v) is 2.84.